The summed E-state index contributed by atoms with van der Waals surface area (Å²) in [6, 6.07) is 4.88. The fourth-order valence-corrected chi connectivity index (χ4v) is 2.05. The lowest BCUT2D eigenvalue weighted by molar-refractivity contribution is 0.0830. The molecule has 0 saturated heterocycles. The Hall–Kier alpha value is -1.57. The van der Waals surface area contributed by atoms with Gasteiger partial charge in [0.1, 0.15) is 0 Å². The predicted octanol–water partition coefficient (Wildman–Crippen LogP) is 1.80. The Morgan fingerprint density at radius 2 is 2.19 bits per heavy atom. The standard InChI is InChI=1S/C12H15N3O/c1-12(2)11(16)10(13)8-6-7(14-3)4-5-9(8)15-12/h4-6,10-11,15-16H,13H2,1-2H3. The SMILES string of the molecule is [C-]#[N+]c1ccc2c(c1)C(N)C(O)C(C)(C)N2. The van der Waals surface area contributed by atoms with Gasteiger partial charge < -0.3 is 16.2 Å². The van der Waals surface area contributed by atoms with Crippen LogP contribution in [0.4, 0.5) is 11.4 Å². The van der Waals surface area contributed by atoms with Crippen LogP contribution in [0.25, 0.3) is 4.85 Å². The van der Waals surface area contributed by atoms with Gasteiger partial charge in [0.25, 0.3) is 0 Å². The number of fused-ring (bicyclic) bond motifs is 1. The van der Waals surface area contributed by atoms with Gasteiger partial charge in [-0.25, -0.2) is 4.85 Å². The molecule has 1 aliphatic rings. The number of benzene rings is 1. The first-order valence-electron chi connectivity index (χ1n) is 5.19. The molecule has 2 rings (SSSR count). The number of aliphatic hydroxyl groups is 1. The molecule has 4 nitrogen and oxygen atoms in total. The Balaban J connectivity index is 2.52. The lowest BCUT2D eigenvalue weighted by atomic mass is 9.83. The van der Waals surface area contributed by atoms with E-state index in [1.54, 1.807) is 12.1 Å². The van der Waals surface area contributed by atoms with E-state index in [0.29, 0.717) is 5.69 Å². The van der Waals surface area contributed by atoms with Crippen molar-refractivity contribution < 1.29 is 5.11 Å². The van der Waals surface area contributed by atoms with Crippen LogP contribution < -0.4 is 11.1 Å². The van der Waals surface area contributed by atoms with Crippen molar-refractivity contribution in [3.05, 3.63) is 35.2 Å². The van der Waals surface area contributed by atoms with Crippen LogP contribution >= 0.6 is 0 Å². The van der Waals surface area contributed by atoms with Crippen molar-refractivity contribution in [2.75, 3.05) is 5.32 Å². The van der Waals surface area contributed by atoms with Crippen LogP contribution in [-0.4, -0.2) is 16.7 Å². The summed E-state index contributed by atoms with van der Waals surface area (Å²) in [7, 11) is 0. The first-order chi connectivity index (χ1) is 7.45. The van der Waals surface area contributed by atoms with Crippen LogP contribution in [0.15, 0.2) is 18.2 Å². The Morgan fingerprint density at radius 1 is 1.50 bits per heavy atom. The molecule has 2 unspecified atom stereocenters. The third kappa shape index (κ3) is 1.54. The summed E-state index contributed by atoms with van der Waals surface area (Å²) >= 11 is 0. The molecule has 1 aromatic carbocycles. The lowest BCUT2D eigenvalue weighted by Crippen LogP contribution is -2.52. The normalized spacial score (nSPS) is 26.4. The fourth-order valence-electron chi connectivity index (χ4n) is 2.05. The summed E-state index contributed by atoms with van der Waals surface area (Å²) < 4.78 is 0. The predicted molar refractivity (Wildman–Crippen MR) is 63.3 cm³/mol. The van der Waals surface area contributed by atoms with Gasteiger partial charge in [-0.1, -0.05) is 6.07 Å². The minimum absolute atomic E-state index is 0.451. The van der Waals surface area contributed by atoms with Gasteiger partial charge in [0.15, 0.2) is 5.69 Å². The lowest BCUT2D eigenvalue weighted by Gasteiger charge is -2.42. The van der Waals surface area contributed by atoms with E-state index in [1.807, 2.05) is 19.9 Å². The second-order valence-corrected chi connectivity index (χ2v) is 4.70. The molecule has 1 aliphatic heterocycles. The number of nitrogens with zero attached hydrogens (tertiary/aromatic N) is 1. The van der Waals surface area contributed by atoms with E-state index in [0.717, 1.165) is 11.3 Å². The maximum absolute atomic E-state index is 10.1. The molecule has 4 heteroatoms. The molecular formula is C12H15N3O. The number of anilines is 1. The van der Waals surface area contributed by atoms with Crippen molar-refractivity contribution in [1.29, 1.82) is 0 Å². The van der Waals surface area contributed by atoms with Gasteiger partial charge >= 0.3 is 0 Å². The van der Waals surface area contributed by atoms with Crippen LogP contribution in [-0.2, 0) is 0 Å². The van der Waals surface area contributed by atoms with Crippen LogP contribution in [0.1, 0.15) is 25.5 Å². The van der Waals surface area contributed by atoms with Crippen molar-refractivity contribution in [2.24, 2.45) is 5.73 Å². The van der Waals surface area contributed by atoms with Crippen molar-refractivity contribution in [1.82, 2.24) is 0 Å². The van der Waals surface area contributed by atoms with Crippen LogP contribution in [0.2, 0.25) is 0 Å². The van der Waals surface area contributed by atoms with E-state index in [4.69, 9.17) is 12.3 Å². The number of nitrogens with two attached hydrogens (primary N) is 1. The molecule has 4 N–H and O–H groups in total. The third-order valence-electron chi connectivity index (χ3n) is 3.06. The molecule has 0 aliphatic carbocycles. The summed E-state index contributed by atoms with van der Waals surface area (Å²) in [4.78, 5) is 3.36. The van der Waals surface area contributed by atoms with E-state index < -0.39 is 17.7 Å². The van der Waals surface area contributed by atoms with E-state index >= 15 is 0 Å². The van der Waals surface area contributed by atoms with Gasteiger partial charge in [0.2, 0.25) is 0 Å². The Morgan fingerprint density at radius 3 is 2.81 bits per heavy atom. The fraction of sp³-hybridized carbons (Fsp3) is 0.417. The highest BCUT2D eigenvalue weighted by molar-refractivity contribution is 5.64. The molecule has 0 aromatic heterocycles. The van der Waals surface area contributed by atoms with E-state index in [2.05, 4.69) is 10.2 Å². The van der Waals surface area contributed by atoms with E-state index in [9.17, 15) is 5.11 Å². The quantitative estimate of drug-likeness (QED) is 0.581. The topological polar surface area (TPSA) is 62.6 Å². The van der Waals surface area contributed by atoms with Gasteiger partial charge in [-0.15, -0.1) is 0 Å². The minimum atomic E-state index is -0.666. The summed E-state index contributed by atoms with van der Waals surface area (Å²) in [6.45, 7) is 10.8. The number of aliphatic hydroxyl groups excluding tert-OH is 1. The molecule has 2 atom stereocenters. The summed E-state index contributed by atoms with van der Waals surface area (Å²) in [5.41, 5.74) is 7.79. The van der Waals surface area contributed by atoms with Crippen molar-refractivity contribution >= 4 is 11.4 Å². The van der Waals surface area contributed by atoms with Crippen molar-refractivity contribution in [3.8, 4) is 0 Å². The largest absolute Gasteiger partial charge is 0.389 e. The van der Waals surface area contributed by atoms with Crippen molar-refractivity contribution in [3.63, 3.8) is 0 Å². The molecule has 0 spiro atoms. The molecule has 0 radical (unpaired) electrons. The van der Waals surface area contributed by atoms with Gasteiger partial charge in [-0.3, -0.25) is 0 Å². The molecule has 0 bridgehead atoms. The Bertz CT molecular complexity index is 462. The summed E-state index contributed by atoms with van der Waals surface area (Å²) in [5, 5.41) is 13.3. The van der Waals surface area contributed by atoms with Crippen molar-refractivity contribution in [2.45, 2.75) is 31.5 Å². The van der Waals surface area contributed by atoms with Gasteiger partial charge in [0.05, 0.1) is 24.3 Å². The molecule has 0 fully saturated rings. The van der Waals surface area contributed by atoms with Crippen LogP contribution in [0.5, 0.6) is 0 Å². The molecule has 16 heavy (non-hydrogen) atoms. The average Bonchev–Trinajstić information content (AvgIpc) is 2.25. The van der Waals surface area contributed by atoms with E-state index in [-0.39, 0.29) is 0 Å². The second-order valence-electron chi connectivity index (χ2n) is 4.70. The summed E-state index contributed by atoms with van der Waals surface area (Å²) in [5.74, 6) is 0. The molecule has 1 heterocycles. The van der Waals surface area contributed by atoms with Crippen LogP contribution in [0, 0.1) is 6.57 Å². The smallest absolute Gasteiger partial charge is 0.187 e. The highest BCUT2D eigenvalue weighted by Crippen LogP contribution is 2.38. The highest BCUT2D eigenvalue weighted by atomic mass is 16.3. The average molecular weight is 217 g/mol. The monoisotopic (exact) mass is 217 g/mol. The zero-order chi connectivity index (χ0) is 11.9. The zero-order valence-electron chi connectivity index (χ0n) is 9.36. The molecular weight excluding hydrogens is 202 g/mol. The minimum Gasteiger partial charge on any atom is -0.389 e. The Kier molecular flexibility index (Phi) is 2.38. The first kappa shape index (κ1) is 10.9. The van der Waals surface area contributed by atoms with Crippen LogP contribution in [0.3, 0.4) is 0 Å². The zero-order valence-corrected chi connectivity index (χ0v) is 9.36. The Labute approximate surface area is 94.9 Å². The maximum Gasteiger partial charge on any atom is 0.187 e. The highest BCUT2D eigenvalue weighted by Gasteiger charge is 2.38. The van der Waals surface area contributed by atoms with Gasteiger partial charge in [-0.2, -0.15) is 0 Å². The number of hydrogen-bond acceptors (Lipinski definition) is 3. The molecule has 84 valence electrons. The van der Waals surface area contributed by atoms with Gasteiger partial charge in [0, 0.05) is 5.69 Å². The molecule has 1 aromatic rings. The number of nitrogens with one attached hydrogen (secondary N) is 1. The third-order valence-corrected chi connectivity index (χ3v) is 3.06. The summed E-state index contributed by atoms with van der Waals surface area (Å²) in [6.07, 6.45) is -0.666. The molecule has 0 saturated carbocycles. The second kappa shape index (κ2) is 3.48. The van der Waals surface area contributed by atoms with Gasteiger partial charge in [-0.05, 0) is 31.5 Å². The maximum atomic E-state index is 10.1. The van der Waals surface area contributed by atoms with E-state index in [1.165, 1.54) is 0 Å². The number of rotatable bonds is 0. The number of hydrogen-bond donors (Lipinski definition) is 3. The molecule has 0 amide bonds. The first-order valence-corrected chi connectivity index (χ1v) is 5.19.